The smallest absolute Gasteiger partial charge is 0.319 e. The van der Waals surface area contributed by atoms with Gasteiger partial charge in [-0.15, -0.1) is 0 Å². The average molecular weight is 413 g/mol. The first-order valence-corrected chi connectivity index (χ1v) is 10.7. The molecule has 3 rings (SSSR count). The molecule has 3 aromatic rings. The van der Waals surface area contributed by atoms with Gasteiger partial charge < -0.3 is 10.6 Å². The van der Waals surface area contributed by atoms with E-state index in [0.717, 1.165) is 5.56 Å². The van der Waals surface area contributed by atoms with Crippen molar-refractivity contribution in [3.63, 3.8) is 0 Å². The quantitative estimate of drug-likeness (QED) is 0.619. The van der Waals surface area contributed by atoms with Crippen LogP contribution in [0.25, 0.3) is 0 Å². The van der Waals surface area contributed by atoms with Gasteiger partial charge in [-0.2, -0.15) is 0 Å². The highest BCUT2D eigenvalue weighted by Gasteiger charge is 2.13. The number of carbonyl (C=O) groups is 1. The maximum absolute atomic E-state index is 12.9. The molecule has 0 spiro atoms. The lowest BCUT2D eigenvalue weighted by Gasteiger charge is -2.09. The predicted octanol–water partition coefficient (Wildman–Crippen LogP) is 3.66. The maximum Gasteiger partial charge on any atom is 0.319 e. The van der Waals surface area contributed by atoms with Crippen molar-refractivity contribution in [3.8, 4) is 0 Å². The van der Waals surface area contributed by atoms with Crippen molar-refractivity contribution in [2.45, 2.75) is 18.1 Å². The zero-order chi connectivity index (χ0) is 20.7. The molecule has 0 bridgehead atoms. The molecular formula is C21H20FN3O3S. The van der Waals surface area contributed by atoms with Crippen molar-refractivity contribution in [3.05, 3.63) is 95.6 Å². The molecule has 0 atom stereocenters. The summed E-state index contributed by atoms with van der Waals surface area (Å²) in [7, 11) is -3.40. The molecule has 0 unspecified atom stereocenters. The van der Waals surface area contributed by atoms with Gasteiger partial charge in [0.05, 0.1) is 11.5 Å². The van der Waals surface area contributed by atoms with E-state index >= 15 is 0 Å². The highest BCUT2D eigenvalue weighted by molar-refractivity contribution is 7.89. The first-order chi connectivity index (χ1) is 13.9. The predicted molar refractivity (Wildman–Crippen MR) is 109 cm³/mol. The van der Waals surface area contributed by atoms with Gasteiger partial charge in [-0.1, -0.05) is 24.3 Å². The summed E-state index contributed by atoms with van der Waals surface area (Å²) in [5, 5.41) is 5.43. The Morgan fingerprint density at radius 1 is 0.828 bits per heavy atom. The zero-order valence-electron chi connectivity index (χ0n) is 15.5. The summed E-state index contributed by atoms with van der Waals surface area (Å²) in [5.41, 5.74) is 2.62. The fourth-order valence-electron chi connectivity index (χ4n) is 2.68. The number of halogens is 1. The number of carbonyl (C=O) groups excluding carboxylic acids is 1. The van der Waals surface area contributed by atoms with E-state index in [1.165, 1.54) is 24.3 Å². The second-order valence-corrected chi connectivity index (χ2v) is 8.58. The van der Waals surface area contributed by atoms with Crippen LogP contribution in [0.4, 0.5) is 14.9 Å². The van der Waals surface area contributed by atoms with Crippen LogP contribution in [0.1, 0.15) is 16.7 Å². The molecule has 150 valence electrons. The number of hydrogen-bond acceptors (Lipinski definition) is 4. The van der Waals surface area contributed by atoms with Crippen LogP contribution < -0.4 is 10.6 Å². The van der Waals surface area contributed by atoms with Gasteiger partial charge in [0.15, 0.2) is 9.84 Å². The monoisotopic (exact) mass is 413 g/mol. The summed E-state index contributed by atoms with van der Waals surface area (Å²) in [4.78, 5) is 15.9. The summed E-state index contributed by atoms with van der Waals surface area (Å²) < 4.78 is 37.7. The Hall–Kier alpha value is -3.26. The average Bonchev–Trinajstić information content (AvgIpc) is 2.70. The fourth-order valence-corrected chi connectivity index (χ4v) is 4.18. The number of amides is 2. The van der Waals surface area contributed by atoms with E-state index in [9.17, 15) is 17.6 Å². The van der Waals surface area contributed by atoms with Crippen LogP contribution in [0.5, 0.6) is 0 Å². The van der Waals surface area contributed by atoms with Crippen LogP contribution in [-0.4, -0.2) is 19.4 Å². The van der Waals surface area contributed by atoms with Gasteiger partial charge in [0.2, 0.25) is 0 Å². The second kappa shape index (κ2) is 9.29. The summed E-state index contributed by atoms with van der Waals surface area (Å²) in [5.74, 6) is -0.706. The molecule has 2 N–H and O–H groups in total. The molecular weight excluding hydrogens is 393 g/mol. The summed E-state index contributed by atoms with van der Waals surface area (Å²) in [6.45, 7) is 0.369. The molecule has 1 aromatic heterocycles. The minimum Gasteiger partial charge on any atom is -0.334 e. The number of nitrogens with one attached hydrogen (secondary N) is 2. The Labute approximate surface area is 168 Å². The van der Waals surface area contributed by atoms with E-state index in [4.69, 9.17) is 0 Å². The summed E-state index contributed by atoms with van der Waals surface area (Å²) in [6.07, 6.45) is 3.30. The Morgan fingerprint density at radius 2 is 1.38 bits per heavy atom. The van der Waals surface area contributed by atoms with Crippen LogP contribution in [0.2, 0.25) is 0 Å². The number of urea groups is 1. The van der Waals surface area contributed by atoms with Gasteiger partial charge in [0, 0.05) is 24.6 Å². The van der Waals surface area contributed by atoms with E-state index < -0.39 is 15.7 Å². The first-order valence-electron chi connectivity index (χ1n) is 8.87. The second-order valence-electron chi connectivity index (χ2n) is 6.52. The van der Waals surface area contributed by atoms with Crippen LogP contribution in [-0.2, 0) is 27.9 Å². The Bertz CT molecular complexity index is 1050. The lowest BCUT2D eigenvalue weighted by atomic mass is 10.2. The number of anilines is 1. The molecule has 2 aromatic carbocycles. The summed E-state index contributed by atoms with van der Waals surface area (Å²) in [6, 6.07) is 15.3. The van der Waals surface area contributed by atoms with E-state index in [-0.39, 0.29) is 17.5 Å². The minimum atomic E-state index is -3.40. The van der Waals surface area contributed by atoms with Crippen molar-refractivity contribution in [1.82, 2.24) is 10.3 Å². The lowest BCUT2D eigenvalue weighted by molar-refractivity contribution is 0.251. The van der Waals surface area contributed by atoms with Gasteiger partial charge in [-0.25, -0.2) is 17.6 Å². The highest BCUT2D eigenvalue weighted by Crippen LogP contribution is 2.16. The molecule has 0 saturated carbocycles. The molecule has 6 nitrogen and oxygen atoms in total. The highest BCUT2D eigenvalue weighted by atomic mass is 32.2. The lowest BCUT2D eigenvalue weighted by Crippen LogP contribution is -2.28. The largest absolute Gasteiger partial charge is 0.334 e. The van der Waals surface area contributed by atoms with Crippen LogP contribution in [0, 0.1) is 5.82 Å². The molecule has 0 radical (unpaired) electrons. The maximum atomic E-state index is 12.9. The van der Waals surface area contributed by atoms with Crippen molar-refractivity contribution in [2.75, 3.05) is 5.32 Å². The molecule has 0 saturated heterocycles. The Morgan fingerprint density at radius 3 is 1.97 bits per heavy atom. The molecule has 0 fully saturated rings. The zero-order valence-corrected chi connectivity index (χ0v) is 16.3. The Kier molecular flexibility index (Phi) is 6.56. The van der Waals surface area contributed by atoms with Crippen LogP contribution in [0.15, 0.2) is 73.1 Å². The van der Waals surface area contributed by atoms with E-state index in [1.807, 2.05) is 0 Å². The molecule has 1 heterocycles. The third-order valence-electron chi connectivity index (χ3n) is 4.10. The van der Waals surface area contributed by atoms with Gasteiger partial charge >= 0.3 is 6.03 Å². The molecule has 2 amide bonds. The topological polar surface area (TPSA) is 88.2 Å². The van der Waals surface area contributed by atoms with E-state index in [2.05, 4.69) is 15.6 Å². The third-order valence-corrected chi connectivity index (χ3v) is 5.65. The molecule has 29 heavy (non-hydrogen) atoms. The number of pyridine rings is 1. The molecule has 0 aliphatic rings. The van der Waals surface area contributed by atoms with Gasteiger partial charge in [0.1, 0.15) is 5.82 Å². The number of benzene rings is 2. The standard InChI is InChI=1S/C21H20FN3O3S/c22-19-5-1-17(2-6-19)14-29(27,28)15-18-3-7-20(8-4-18)25-21(26)24-13-16-9-11-23-12-10-16/h1-12H,13-15H2,(H2,24,25,26). The van der Waals surface area contributed by atoms with Crippen LogP contribution >= 0.6 is 0 Å². The number of nitrogens with zero attached hydrogens (tertiary/aromatic N) is 1. The number of rotatable bonds is 7. The number of aromatic nitrogens is 1. The van der Waals surface area contributed by atoms with Gasteiger partial charge in [-0.05, 0) is 53.1 Å². The minimum absolute atomic E-state index is 0.140. The van der Waals surface area contributed by atoms with Crippen molar-refractivity contribution in [2.24, 2.45) is 0 Å². The van der Waals surface area contributed by atoms with Crippen LogP contribution in [0.3, 0.4) is 0 Å². The normalized spacial score (nSPS) is 11.1. The molecule has 0 aliphatic carbocycles. The fraction of sp³-hybridized carbons (Fsp3) is 0.143. The van der Waals surface area contributed by atoms with E-state index in [0.29, 0.717) is 23.4 Å². The van der Waals surface area contributed by atoms with Crippen molar-refractivity contribution < 1.29 is 17.6 Å². The van der Waals surface area contributed by atoms with Crippen molar-refractivity contribution in [1.29, 1.82) is 0 Å². The SMILES string of the molecule is O=C(NCc1ccncc1)Nc1ccc(CS(=O)(=O)Cc2ccc(F)cc2)cc1. The Balaban J connectivity index is 1.52. The first kappa shape index (κ1) is 20.5. The van der Waals surface area contributed by atoms with Gasteiger partial charge in [0.25, 0.3) is 0 Å². The van der Waals surface area contributed by atoms with Crippen molar-refractivity contribution >= 4 is 21.6 Å². The van der Waals surface area contributed by atoms with E-state index in [1.54, 1.807) is 48.8 Å². The molecule has 8 heteroatoms. The number of sulfone groups is 1. The number of hydrogen-bond donors (Lipinski definition) is 2. The third kappa shape index (κ3) is 6.69. The molecule has 0 aliphatic heterocycles. The van der Waals surface area contributed by atoms with Gasteiger partial charge in [-0.3, -0.25) is 4.98 Å². The summed E-state index contributed by atoms with van der Waals surface area (Å²) >= 11 is 0.